The molecule has 3 aromatic rings. The van der Waals surface area contributed by atoms with Crippen molar-refractivity contribution in [2.75, 3.05) is 29.0 Å². The van der Waals surface area contributed by atoms with Crippen LogP contribution in [0.2, 0.25) is 0 Å². The molecule has 1 aliphatic rings. The van der Waals surface area contributed by atoms with Gasteiger partial charge in [-0.05, 0) is 32.3 Å². The van der Waals surface area contributed by atoms with Crippen molar-refractivity contribution in [2.24, 2.45) is 5.73 Å². The van der Waals surface area contributed by atoms with Crippen LogP contribution in [0.1, 0.15) is 35.3 Å². The Balaban J connectivity index is 1.68. The quantitative estimate of drug-likeness (QED) is 0.643. The van der Waals surface area contributed by atoms with Gasteiger partial charge in [-0.1, -0.05) is 0 Å². The third kappa shape index (κ3) is 3.35. The number of pyridine rings is 1. The lowest BCUT2D eigenvalue weighted by Crippen LogP contribution is -2.30. The van der Waals surface area contributed by atoms with Crippen LogP contribution in [0.15, 0.2) is 24.4 Å². The van der Waals surface area contributed by atoms with Gasteiger partial charge >= 0.3 is 0 Å². The zero-order chi connectivity index (χ0) is 19.0. The van der Waals surface area contributed by atoms with E-state index < -0.39 is 5.91 Å². The van der Waals surface area contributed by atoms with E-state index in [1.54, 1.807) is 6.07 Å². The number of amides is 1. The Morgan fingerprint density at radius 3 is 2.67 bits per heavy atom. The van der Waals surface area contributed by atoms with E-state index in [1.165, 1.54) is 30.0 Å². The zero-order valence-corrected chi connectivity index (χ0v) is 15.1. The third-order valence-corrected chi connectivity index (χ3v) is 4.66. The van der Waals surface area contributed by atoms with Crippen molar-refractivity contribution in [1.29, 1.82) is 0 Å². The largest absolute Gasteiger partial charge is 0.383 e. The number of fused-ring (bicyclic) bond motifs is 1. The SMILES string of the molecule is Cc1cc(Nc2cc(N)n3ncc(C(N)=O)c3n2)cc(N2CCCCC2)n1. The van der Waals surface area contributed by atoms with Gasteiger partial charge in [-0.2, -0.15) is 9.61 Å². The van der Waals surface area contributed by atoms with Crippen LogP contribution in [0.3, 0.4) is 0 Å². The van der Waals surface area contributed by atoms with E-state index in [2.05, 4.69) is 25.3 Å². The number of carbonyl (C=O) groups is 1. The number of nitrogen functional groups attached to an aromatic ring is 1. The van der Waals surface area contributed by atoms with Crippen LogP contribution in [-0.4, -0.2) is 38.6 Å². The molecule has 0 unspecified atom stereocenters. The molecule has 140 valence electrons. The fourth-order valence-corrected chi connectivity index (χ4v) is 3.38. The van der Waals surface area contributed by atoms with Gasteiger partial charge in [-0.15, -0.1) is 0 Å². The molecule has 9 heteroatoms. The normalized spacial score (nSPS) is 14.5. The van der Waals surface area contributed by atoms with Crippen LogP contribution in [-0.2, 0) is 0 Å². The Bertz CT molecular complexity index is 1010. The highest BCUT2D eigenvalue weighted by molar-refractivity contribution is 5.98. The van der Waals surface area contributed by atoms with Crippen molar-refractivity contribution < 1.29 is 4.79 Å². The fraction of sp³-hybridized carbons (Fsp3) is 0.333. The Morgan fingerprint density at radius 1 is 1.15 bits per heavy atom. The molecule has 9 nitrogen and oxygen atoms in total. The van der Waals surface area contributed by atoms with Crippen LogP contribution in [0.25, 0.3) is 5.65 Å². The molecular weight excluding hydrogens is 344 g/mol. The van der Waals surface area contributed by atoms with E-state index in [9.17, 15) is 4.79 Å². The average Bonchev–Trinajstić information content (AvgIpc) is 3.07. The summed E-state index contributed by atoms with van der Waals surface area (Å²) >= 11 is 0. The number of aryl methyl sites for hydroxylation is 1. The Morgan fingerprint density at radius 2 is 1.93 bits per heavy atom. The van der Waals surface area contributed by atoms with Crippen molar-refractivity contribution in [1.82, 2.24) is 19.6 Å². The summed E-state index contributed by atoms with van der Waals surface area (Å²) in [6, 6.07) is 5.62. The van der Waals surface area contributed by atoms with E-state index in [4.69, 9.17) is 11.5 Å². The van der Waals surface area contributed by atoms with E-state index in [0.717, 1.165) is 30.3 Å². The minimum absolute atomic E-state index is 0.227. The molecule has 1 amide bonds. The van der Waals surface area contributed by atoms with Crippen molar-refractivity contribution in [2.45, 2.75) is 26.2 Å². The Hall–Kier alpha value is -3.36. The number of piperidine rings is 1. The monoisotopic (exact) mass is 366 g/mol. The number of nitrogens with one attached hydrogen (secondary N) is 1. The number of carbonyl (C=O) groups excluding carboxylic acids is 1. The number of nitrogens with two attached hydrogens (primary N) is 2. The Labute approximate surface area is 156 Å². The van der Waals surface area contributed by atoms with E-state index in [0.29, 0.717) is 17.3 Å². The maximum absolute atomic E-state index is 11.6. The molecule has 3 aromatic heterocycles. The highest BCUT2D eigenvalue weighted by Crippen LogP contribution is 2.25. The van der Waals surface area contributed by atoms with Gasteiger partial charge in [0.1, 0.15) is 23.0 Å². The molecule has 0 aromatic carbocycles. The van der Waals surface area contributed by atoms with Crippen LogP contribution < -0.4 is 21.7 Å². The average molecular weight is 366 g/mol. The standard InChI is InChI=1S/C18H22N8O/c1-11-7-12(8-16(22-11)25-5-3-2-4-6-25)23-15-9-14(19)26-18(24-15)13(10-21-26)17(20)27/h7-10H,2-6,19H2,1H3,(H2,20,27)(H,22,23,24). The number of aromatic nitrogens is 4. The van der Waals surface area contributed by atoms with E-state index in [-0.39, 0.29) is 5.56 Å². The maximum Gasteiger partial charge on any atom is 0.254 e. The van der Waals surface area contributed by atoms with Crippen LogP contribution in [0, 0.1) is 6.92 Å². The number of rotatable bonds is 4. The number of primary amides is 1. The molecule has 0 bridgehead atoms. The van der Waals surface area contributed by atoms with Gasteiger partial charge in [0, 0.05) is 36.6 Å². The molecule has 0 radical (unpaired) electrons. The van der Waals surface area contributed by atoms with Crippen LogP contribution >= 0.6 is 0 Å². The molecule has 5 N–H and O–H groups in total. The highest BCUT2D eigenvalue weighted by Gasteiger charge is 2.16. The van der Waals surface area contributed by atoms with Gasteiger partial charge in [-0.3, -0.25) is 4.79 Å². The van der Waals surface area contributed by atoms with Gasteiger partial charge in [-0.25, -0.2) is 9.97 Å². The van der Waals surface area contributed by atoms with Crippen molar-refractivity contribution in [3.63, 3.8) is 0 Å². The molecule has 1 aliphatic heterocycles. The number of hydrogen-bond acceptors (Lipinski definition) is 7. The van der Waals surface area contributed by atoms with Gasteiger partial charge in [0.05, 0.1) is 6.20 Å². The van der Waals surface area contributed by atoms with Gasteiger partial charge < -0.3 is 21.7 Å². The smallest absolute Gasteiger partial charge is 0.254 e. The highest BCUT2D eigenvalue weighted by atomic mass is 16.1. The van der Waals surface area contributed by atoms with E-state index >= 15 is 0 Å². The first-order chi connectivity index (χ1) is 13.0. The van der Waals surface area contributed by atoms with Crippen molar-refractivity contribution in [3.8, 4) is 0 Å². The lowest BCUT2D eigenvalue weighted by Gasteiger charge is -2.28. The van der Waals surface area contributed by atoms with E-state index in [1.807, 2.05) is 19.1 Å². The summed E-state index contributed by atoms with van der Waals surface area (Å²) in [7, 11) is 0. The molecular formula is C18H22N8O. The van der Waals surface area contributed by atoms with Gasteiger partial charge in [0.2, 0.25) is 0 Å². The summed E-state index contributed by atoms with van der Waals surface area (Å²) in [6.45, 7) is 4.00. The first kappa shape index (κ1) is 17.1. The number of anilines is 4. The second-order valence-electron chi connectivity index (χ2n) is 6.75. The molecule has 27 heavy (non-hydrogen) atoms. The minimum Gasteiger partial charge on any atom is -0.383 e. The molecule has 1 saturated heterocycles. The number of nitrogens with zero attached hydrogens (tertiary/aromatic N) is 5. The molecule has 4 heterocycles. The predicted octanol–water partition coefficient (Wildman–Crippen LogP) is 1.85. The summed E-state index contributed by atoms with van der Waals surface area (Å²) in [6.07, 6.45) is 5.01. The second kappa shape index (κ2) is 6.75. The van der Waals surface area contributed by atoms with Crippen LogP contribution in [0.4, 0.5) is 23.1 Å². The minimum atomic E-state index is -0.596. The topological polar surface area (TPSA) is 127 Å². The van der Waals surface area contributed by atoms with Crippen LogP contribution in [0.5, 0.6) is 0 Å². The molecule has 4 rings (SSSR count). The Kier molecular flexibility index (Phi) is 4.27. The summed E-state index contributed by atoms with van der Waals surface area (Å²) in [5.74, 6) is 1.23. The van der Waals surface area contributed by atoms with Gasteiger partial charge in [0.25, 0.3) is 5.91 Å². The summed E-state index contributed by atoms with van der Waals surface area (Å²) in [5, 5.41) is 7.32. The lowest BCUT2D eigenvalue weighted by atomic mass is 10.1. The number of hydrogen-bond donors (Lipinski definition) is 3. The first-order valence-electron chi connectivity index (χ1n) is 8.96. The third-order valence-electron chi connectivity index (χ3n) is 4.66. The van der Waals surface area contributed by atoms with Crippen molar-refractivity contribution >= 4 is 34.7 Å². The first-order valence-corrected chi connectivity index (χ1v) is 8.96. The molecule has 0 aliphatic carbocycles. The zero-order valence-electron chi connectivity index (χ0n) is 15.1. The summed E-state index contributed by atoms with van der Waals surface area (Å²) in [4.78, 5) is 23.0. The fourth-order valence-electron chi connectivity index (χ4n) is 3.38. The molecule has 0 saturated carbocycles. The van der Waals surface area contributed by atoms with Crippen molar-refractivity contribution in [3.05, 3.63) is 35.7 Å². The molecule has 0 spiro atoms. The van der Waals surface area contributed by atoms with Gasteiger partial charge in [0.15, 0.2) is 5.65 Å². The maximum atomic E-state index is 11.6. The predicted molar refractivity (Wildman–Crippen MR) is 104 cm³/mol. The molecule has 0 atom stereocenters. The second-order valence-corrected chi connectivity index (χ2v) is 6.75. The lowest BCUT2D eigenvalue weighted by molar-refractivity contribution is 0.100. The summed E-state index contributed by atoms with van der Waals surface area (Å²) < 4.78 is 1.39. The molecule has 1 fully saturated rings. The summed E-state index contributed by atoms with van der Waals surface area (Å²) in [5.41, 5.74) is 13.8.